The summed E-state index contributed by atoms with van der Waals surface area (Å²) in [4.78, 5) is 12.7. The Morgan fingerprint density at radius 3 is 2.56 bits per heavy atom. The second-order valence-corrected chi connectivity index (χ2v) is 9.44. The third-order valence-electron chi connectivity index (χ3n) is 5.47. The van der Waals surface area contributed by atoms with Gasteiger partial charge < -0.3 is 9.73 Å². The highest BCUT2D eigenvalue weighted by atomic mass is 32.2. The first-order valence-electron chi connectivity index (χ1n) is 10.1. The minimum atomic E-state index is -3.87. The fraction of sp³-hybridized carbons (Fsp3) is 0.125. The van der Waals surface area contributed by atoms with E-state index in [4.69, 9.17) is 4.42 Å². The van der Waals surface area contributed by atoms with Gasteiger partial charge in [-0.2, -0.15) is 0 Å². The molecule has 1 N–H and O–H groups in total. The molecular formula is C24H19FN2O4S. The fourth-order valence-electron chi connectivity index (χ4n) is 3.89. The van der Waals surface area contributed by atoms with Crippen molar-refractivity contribution in [2.24, 2.45) is 0 Å². The number of furan rings is 1. The summed E-state index contributed by atoms with van der Waals surface area (Å²) in [6, 6.07) is 19.0. The van der Waals surface area contributed by atoms with Gasteiger partial charge in [-0.25, -0.2) is 12.8 Å². The first-order chi connectivity index (χ1) is 15.4. The van der Waals surface area contributed by atoms with E-state index >= 15 is 0 Å². The Bertz CT molecular complexity index is 1400. The molecule has 6 nitrogen and oxygen atoms in total. The SMILES string of the molecule is O=C(Nc1ccc2c(c1)N(S(=O)(=O)c1ccc(F)cc1)CCC2)c1cc2ccccc2o1. The van der Waals surface area contributed by atoms with Crippen molar-refractivity contribution >= 4 is 38.3 Å². The van der Waals surface area contributed by atoms with Crippen molar-refractivity contribution in [1.82, 2.24) is 0 Å². The number of amides is 1. The summed E-state index contributed by atoms with van der Waals surface area (Å²) in [5.74, 6) is -0.761. The summed E-state index contributed by atoms with van der Waals surface area (Å²) in [6.45, 7) is 0.299. The number of aryl methyl sites for hydroxylation is 1. The Hall–Kier alpha value is -3.65. The van der Waals surface area contributed by atoms with Crippen molar-refractivity contribution in [1.29, 1.82) is 0 Å². The molecule has 32 heavy (non-hydrogen) atoms. The van der Waals surface area contributed by atoms with Gasteiger partial charge in [0.05, 0.1) is 10.6 Å². The van der Waals surface area contributed by atoms with Gasteiger partial charge in [0.25, 0.3) is 15.9 Å². The molecule has 3 aromatic carbocycles. The topological polar surface area (TPSA) is 79.6 Å². The number of hydrogen-bond acceptors (Lipinski definition) is 4. The Labute approximate surface area is 184 Å². The number of para-hydroxylation sites is 1. The Kier molecular flexibility index (Phi) is 4.94. The summed E-state index contributed by atoms with van der Waals surface area (Å²) in [5, 5.41) is 3.60. The van der Waals surface area contributed by atoms with Crippen molar-refractivity contribution in [3.8, 4) is 0 Å². The lowest BCUT2D eigenvalue weighted by Gasteiger charge is -2.31. The van der Waals surface area contributed by atoms with E-state index in [-0.39, 0.29) is 10.7 Å². The average Bonchev–Trinajstić information content (AvgIpc) is 3.23. The highest BCUT2D eigenvalue weighted by Gasteiger charge is 2.29. The standard InChI is InChI=1S/C24H19FN2O4S/c25-18-8-11-20(12-9-18)32(29,30)27-13-3-5-16-7-10-19(15-21(16)27)26-24(28)23-14-17-4-1-2-6-22(17)31-23/h1-2,4,6-12,14-15H,3,5,13H2,(H,26,28). The molecule has 8 heteroatoms. The van der Waals surface area contributed by atoms with Gasteiger partial charge in [0.2, 0.25) is 0 Å². The molecule has 5 rings (SSSR count). The van der Waals surface area contributed by atoms with Crippen molar-refractivity contribution in [2.45, 2.75) is 17.7 Å². The van der Waals surface area contributed by atoms with Crippen LogP contribution in [-0.4, -0.2) is 20.9 Å². The zero-order valence-corrected chi connectivity index (χ0v) is 17.7. The maximum absolute atomic E-state index is 13.3. The maximum Gasteiger partial charge on any atom is 0.291 e. The van der Waals surface area contributed by atoms with Gasteiger partial charge in [-0.15, -0.1) is 0 Å². The molecular weight excluding hydrogens is 431 g/mol. The van der Waals surface area contributed by atoms with E-state index in [1.807, 2.05) is 24.3 Å². The molecule has 162 valence electrons. The molecule has 0 aliphatic carbocycles. The summed E-state index contributed by atoms with van der Waals surface area (Å²) >= 11 is 0. The summed E-state index contributed by atoms with van der Waals surface area (Å²) < 4.78 is 46.6. The normalized spacial score (nSPS) is 13.7. The summed E-state index contributed by atoms with van der Waals surface area (Å²) in [7, 11) is -3.87. The number of carbonyl (C=O) groups is 1. The molecule has 0 fully saturated rings. The predicted octanol–water partition coefficient (Wildman–Crippen LogP) is 4.97. The Balaban J connectivity index is 1.46. The molecule has 0 radical (unpaired) electrons. The monoisotopic (exact) mass is 450 g/mol. The van der Waals surface area contributed by atoms with Crippen LogP contribution >= 0.6 is 0 Å². The van der Waals surface area contributed by atoms with Gasteiger partial charge in [0, 0.05) is 17.6 Å². The molecule has 1 aliphatic heterocycles. The van der Waals surface area contributed by atoms with Crippen LogP contribution in [0.15, 0.2) is 82.1 Å². The lowest BCUT2D eigenvalue weighted by molar-refractivity contribution is 0.0998. The molecule has 1 aliphatic rings. The number of rotatable bonds is 4. The number of anilines is 2. The third-order valence-corrected chi connectivity index (χ3v) is 7.30. The van der Waals surface area contributed by atoms with Crippen LogP contribution in [0.3, 0.4) is 0 Å². The van der Waals surface area contributed by atoms with E-state index < -0.39 is 21.7 Å². The number of fused-ring (bicyclic) bond motifs is 2. The van der Waals surface area contributed by atoms with Crippen molar-refractivity contribution in [3.63, 3.8) is 0 Å². The fourth-order valence-corrected chi connectivity index (χ4v) is 5.42. The largest absolute Gasteiger partial charge is 0.451 e. The number of nitrogens with one attached hydrogen (secondary N) is 1. The molecule has 0 saturated carbocycles. The number of benzene rings is 3. The summed E-state index contributed by atoms with van der Waals surface area (Å²) in [6.07, 6.45) is 1.39. The maximum atomic E-state index is 13.3. The highest BCUT2D eigenvalue weighted by molar-refractivity contribution is 7.92. The van der Waals surface area contributed by atoms with Crippen LogP contribution in [0.5, 0.6) is 0 Å². The van der Waals surface area contributed by atoms with Gasteiger partial charge >= 0.3 is 0 Å². The molecule has 0 bridgehead atoms. The highest BCUT2D eigenvalue weighted by Crippen LogP contribution is 2.34. The van der Waals surface area contributed by atoms with Crippen molar-refractivity contribution < 1.29 is 22.0 Å². The molecule has 4 aromatic rings. The number of halogens is 1. The van der Waals surface area contributed by atoms with Crippen LogP contribution in [-0.2, 0) is 16.4 Å². The van der Waals surface area contributed by atoms with E-state index in [1.165, 1.54) is 16.4 Å². The molecule has 0 spiro atoms. The van der Waals surface area contributed by atoms with E-state index in [9.17, 15) is 17.6 Å². The number of carbonyl (C=O) groups excluding carboxylic acids is 1. The smallest absolute Gasteiger partial charge is 0.291 e. The van der Waals surface area contributed by atoms with Crippen molar-refractivity contribution in [2.75, 3.05) is 16.2 Å². The third kappa shape index (κ3) is 3.62. The van der Waals surface area contributed by atoms with E-state index in [1.54, 1.807) is 24.3 Å². The minimum Gasteiger partial charge on any atom is -0.451 e. The lowest BCUT2D eigenvalue weighted by Crippen LogP contribution is -2.35. The molecule has 0 unspecified atom stereocenters. The van der Waals surface area contributed by atoms with Gasteiger partial charge in [-0.05, 0) is 66.9 Å². The minimum absolute atomic E-state index is 0.0171. The molecule has 0 saturated heterocycles. The van der Waals surface area contributed by atoms with Gasteiger partial charge in [-0.1, -0.05) is 24.3 Å². The second-order valence-electron chi connectivity index (χ2n) is 7.58. The molecule has 2 heterocycles. The molecule has 0 atom stereocenters. The van der Waals surface area contributed by atoms with Crippen LogP contribution in [0.2, 0.25) is 0 Å². The van der Waals surface area contributed by atoms with E-state index in [0.29, 0.717) is 29.9 Å². The quantitative estimate of drug-likeness (QED) is 0.476. The molecule has 1 aromatic heterocycles. The zero-order chi connectivity index (χ0) is 22.3. The number of sulfonamides is 1. The van der Waals surface area contributed by atoms with Crippen LogP contribution in [0.4, 0.5) is 15.8 Å². The summed E-state index contributed by atoms with van der Waals surface area (Å²) in [5.41, 5.74) is 2.43. The number of nitrogens with zero attached hydrogens (tertiary/aromatic N) is 1. The lowest BCUT2D eigenvalue weighted by atomic mass is 10.0. The zero-order valence-electron chi connectivity index (χ0n) is 16.9. The first-order valence-corrected chi connectivity index (χ1v) is 11.6. The predicted molar refractivity (Wildman–Crippen MR) is 120 cm³/mol. The second kappa shape index (κ2) is 7.80. The Morgan fingerprint density at radius 2 is 1.78 bits per heavy atom. The molecule has 1 amide bonds. The van der Waals surface area contributed by atoms with E-state index in [0.717, 1.165) is 29.5 Å². The van der Waals surface area contributed by atoms with Gasteiger partial charge in [-0.3, -0.25) is 9.10 Å². The van der Waals surface area contributed by atoms with Gasteiger partial charge in [0.1, 0.15) is 11.4 Å². The van der Waals surface area contributed by atoms with Crippen LogP contribution in [0, 0.1) is 5.82 Å². The van der Waals surface area contributed by atoms with Crippen LogP contribution < -0.4 is 9.62 Å². The Morgan fingerprint density at radius 1 is 1.00 bits per heavy atom. The van der Waals surface area contributed by atoms with Crippen molar-refractivity contribution in [3.05, 3.63) is 89.9 Å². The van der Waals surface area contributed by atoms with E-state index in [2.05, 4.69) is 5.32 Å². The average molecular weight is 450 g/mol. The van der Waals surface area contributed by atoms with Crippen LogP contribution in [0.1, 0.15) is 22.5 Å². The number of hydrogen-bond donors (Lipinski definition) is 1. The first kappa shape index (κ1) is 20.3. The van der Waals surface area contributed by atoms with Crippen LogP contribution in [0.25, 0.3) is 11.0 Å². The van der Waals surface area contributed by atoms with Gasteiger partial charge in [0.15, 0.2) is 5.76 Å².